The zero-order valence-electron chi connectivity index (χ0n) is 17.2. The van der Waals surface area contributed by atoms with Gasteiger partial charge in [0.05, 0.1) is 12.0 Å². The highest BCUT2D eigenvalue weighted by molar-refractivity contribution is 7.89. The fraction of sp³-hybridized carbons (Fsp3) is 0.348. The molecule has 2 aromatic rings. The van der Waals surface area contributed by atoms with Gasteiger partial charge in [-0.2, -0.15) is 4.31 Å². The molecular formula is C23H28N2O4S. The minimum absolute atomic E-state index is 0.0812. The Kier molecular flexibility index (Phi) is 7.29. The average Bonchev–Trinajstić information content (AvgIpc) is 3.27. The van der Waals surface area contributed by atoms with Gasteiger partial charge >= 0.3 is 0 Å². The van der Waals surface area contributed by atoms with Gasteiger partial charge in [-0.25, -0.2) is 8.42 Å². The fourth-order valence-electron chi connectivity index (χ4n) is 3.59. The van der Waals surface area contributed by atoms with E-state index < -0.39 is 10.0 Å². The van der Waals surface area contributed by atoms with Crippen molar-refractivity contribution < 1.29 is 17.9 Å². The van der Waals surface area contributed by atoms with Gasteiger partial charge < -0.3 is 10.1 Å². The van der Waals surface area contributed by atoms with Crippen molar-refractivity contribution in [1.29, 1.82) is 0 Å². The summed E-state index contributed by atoms with van der Waals surface area (Å²) >= 11 is 0. The second-order valence-corrected chi connectivity index (χ2v) is 9.35. The van der Waals surface area contributed by atoms with Crippen LogP contribution in [0.4, 0.5) is 0 Å². The maximum atomic E-state index is 13.1. The number of benzene rings is 2. The van der Waals surface area contributed by atoms with Crippen molar-refractivity contribution in [2.75, 3.05) is 13.7 Å². The Morgan fingerprint density at radius 1 is 1.13 bits per heavy atom. The van der Waals surface area contributed by atoms with E-state index in [1.165, 1.54) is 23.5 Å². The van der Waals surface area contributed by atoms with E-state index in [2.05, 4.69) is 11.9 Å². The topological polar surface area (TPSA) is 75.7 Å². The maximum Gasteiger partial charge on any atom is 0.251 e. The van der Waals surface area contributed by atoms with Crippen LogP contribution in [-0.2, 0) is 16.6 Å². The SMILES string of the molecule is C=CCN(Cc1ccc(C(=O)NC2CCCC2)cc1)S(=O)(=O)c1ccc(OC)cc1. The monoisotopic (exact) mass is 428 g/mol. The van der Waals surface area contributed by atoms with Crippen LogP contribution in [0.3, 0.4) is 0 Å². The molecule has 1 aliphatic rings. The van der Waals surface area contributed by atoms with Crippen LogP contribution in [-0.4, -0.2) is 38.3 Å². The van der Waals surface area contributed by atoms with Crippen LogP contribution in [0.2, 0.25) is 0 Å². The van der Waals surface area contributed by atoms with Crippen molar-refractivity contribution in [1.82, 2.24) is 9.62 Å². The molecule has 6 nitrogen and oxygen atoms in total. The zero-order chi connectivity index (χ0) is 21.6. The van der Waals surface area contributed by atoms with Gasteiger partial charge in [0.25, 0.3) is 5.91 Å². The molecule has 2 aromatic carbocycles. The number of amides is 1. The summed E-state index contributed by atoms with van der Waals surface area (Å²) in [6, 6.07) is 13.6. The Morgan fingerprint density at radius 3 is 2.33 bits per heavy atom. The average molecular weight is 429 g/mol. The summed E-state index contributed by atoms with van der Waals surface area (Å²) in [7, 11) is -2.17. The fourth-order valence-corrected chi connectivity index (χ4v) is 4.99. The molecule has 0 aromatic heterocycles. The zero-order valence-corrected chi connectivity index (χ0v) is 18.0. The second-order valence-electron chi connectivity index (χ2n) is 7.41. The van der Waals surface area contributed by atoms with Crippen LogP contribution in [0.15, 0.2) is 66.1 Å². The second kappa shape index (κ2) is 9.91. The van der Waals surface area contributed by atoms with Crippen molar-refractivity contribution in [3.63, 3.8) is 0 Å². The Hall–Kier alpha value is -2.64. The van der Waals surface area contributed by atoms with E-state index >= 15 is 0 Å². The number of ether oxygens (including phenoxy) is 1. The number of carbonyl (C=O) groups is 1. The number of hydrogen-bond donors (Lipinski definition) is 1. The molecule has 0 heterocycles. The summed E-state index contributed by atoms with van der Waals surface area (Å²) in [4.78, 5) is 12.6. The van der Waals surface area contributed by atoms with Crippen LogP contribution in [0.25, 0.3) is 0 Å². The third-order valence-electron chi connectivity index (χ3n) is 5.30. The van der Waals surface area contributed by atoms with Crippen LogP contribution >= 0.6 is 0 Å². The number of hydrogen-bond acceptors (Lipinski definition) is 4. The molecule has 160 valence electrons. The lowest BCUT2D eigenvalue weighted by Gasteiger charge is -2.21. The first kappa shape index (κ1) is 22.1. The van der Waals surface area contributed by atoms with E-state index in [0.29, 0.717) is 11.3 Å². The van der Waals surface area contributed by atoms with E-state index in [4.69, 9.17) is 4.74 Å². The molecule has 0 spiro atoms. The lowest BCUT2D eigenvalue weighted by Crippen LogP contribution is -2.32. The van der Waals surface area contributed by atoms with Crippen LogP contribution < -0.4 is 10.1 Å². The first-order valence-corrected chi connectivity index (χ1v) is 11.5. The molecule has 7 heteroatoms. The molecule has 1 aliphatic carbocycles. The van der Waals surface area contributed by atoms with Gasteiger partial charge in [0.2, 0.25) is 10.0 Å². The lowest BCUT2D eigenvalue weighted by molar-refractivity contribution is 0.0938. The predicted octanol–water partition coefficient (Wildman–Crippen LogP) is 3.74. The minimum atomic E-state index is -3.70. The van der Waals surface area contributed by atoms with Crippen molar-refractivity contribution >= 4 is 15.9 Å². The molecule has 0 saturated heterocycles. The van der Waals surface area contributed by atoms with Gasteiger partial charge in [0.15, 0.2) is 0 Å². The van der Waals surface area contributed by atoms with E-state index in [9.17, 15) is 13.2 Å². The molecule has 0 radical (unpaired) electrons. The van der Waals surface area contributed by atoms with Gasteiger partial charge in [0.1, 0.15) is 5.75 Å². The molecular weight excluding hydrogens is 400 g/mol. The largest absolute Gasteiger partial charge is 0.497 e. The maximum absolute atomic E-state index is 13.1. The number of nitrogens with zero attached hydrogens (tertiary/aromatic N) is 1. The molecule has 30 heavy (non-hydrogen) atoms. The predicted molar refractivity (Wildman–Crippen MR) is 117 cm³/mol. The first-order chi connectivity index (χ1) is 14.4. The molecule has 1 fully saturated rings. The number of carbonyl (C=O) groups excluding carboxylic acids is 1. The highest BCUT2D eigenvalue weighted by Gasteiger charge is 2.24. The smallest absolute Gasteiger partial charge is 0.251 e. The lowest BCUT2D eigenvalue weighted by atomic mass is 10.1. The van der Waals surface area contributed by atoms with Gasteiger partial charge in [-0.15, -0.1) is 6.58 Å². The van der Waals surface area contributed by atoms with Crippen molar-refractivity contribution in [3.05, 3.63) is 72.3 Å². The van der Waals surface area contributed by atoms with Crippen LogP contribution in [0.1, 0.15) is 41.6 Å². The standard InChI is InChI=1S/C23H28N2O4S/c1-3-16-25(30(27,28)22-14-12-21(29-2)13-15-22)17-18-8-10-19(11-9-18)23(26)24-20-6-4-5-7-20/h3,8-15,20H,1,4-7,16-17H2,2H3,(H,24,26). The Labute approximate surface area is 178 Å². The van der Waals surface area contributed by atoms with Crippen LogP contribution in [0, 0.1) is 0 Å². The van der Waals surface area contributed by atoms with Crippen molar-refractivity contribution in [2.45, 2.75) is 43.2 Å². The molecule has 3 rings (SSSR count). The Bertz CT molecular complexity index is 963. The summed E-state index contributed by atoms with van der Waals surface area (Å²) < 4.78 is 32.6. The van der Waals surface area contributed by atoms with Gasteiger partial charge in [-0.05, 0) is 54.8 Å². The Morgan fingerprint density at radius 2 is 1.77 bits per heavy atom. The molecule has 0 atom stereocenters. The van der Waals surface area contributed by atoms with E-state index in [1.807, 2.05) is 0 Å². The number of methoxy groups -OCH3 is 1. The number of rotatable bonds is 9. The van der Waals surface area contributed by atoms with E-state index in [0.717, 1.165) is 31.2 Å². The first-order valence-electron chi connectivity index (χ1n) is 10.1. The summed E-state index contributed by atoms with van der Waals surface area (Å²) in [6.07, 6.45) is 5.94. The number of sulfonamides is 1. The summed E-state index contributed by atoms with van der Waals surface area (Å²) in [5.74, 6) is 0.512. The van der Waals surface area contributed by atoms with E-state index in [1.54, 1.807) is 42.5 Å². The molecule has 1 amide bonds. The highest BCUT2D eigenvalue weighted by atomic mass is 32.2. The third kappa shape index (κ3) is 5.29. The molecule has 0 unspecified atom stereocenters. The molecule has 1 N–H and O–H groups in total. The van der Waals surface area contributed by atoms with Crippen molar-refractivity contribution in [2.24, 2.45) is 0 Å². The highest BCUT2D eigenvalue weighted by Crippen LogP contribution is 2.22. The third-order valence-corrected chi connectivity index (χ3v) is 7.12. The number of nitrogens with one attached hydrogen (secondary N) is 1. The summed E-state index contributed by atoms with van der Waals surface area (Å²) in [5, 5.41) is 3.06. The normalized spacial score (nSPS) is 14.6. The summed E-state index contributed by atoms with van der Waals surface area (Å²) in [5.41, 5.74) is 1.38. The quantitative estimate of drug-likeness (QED) is 0.618. The molecule has 0 bridgehead atoms. The molecule has 0 aliphatic heterocycles. The van der Waals surface area contributed by atoms with Gasteiger partial charge in [-0.3, -0.25) is 4.79 Å². The van der Waals surface area contributed by atoms with Gasteiger partial charge in [0, 0.05) is 24.7 Å². The van der Waals surface area contributed by atoms with E-state index in [-0.39, 0.29) is 29.9 Å². The van der Waals surface area contributed by atoms with Crippen molar-refractivity contribution in [3.8, 4) is 5.75 Å². The summed E-state index contributed by atoms with van der Waals surface area (Å²) in [6.45, 7) is 4.05. The van der Waals surface area contributed by atoms with Gasteiger partial charge in [-0.1, -0.05) is 31.1 Å². The Balaban J connectivity index is 1.72. The minimum Gasteiger partial charge on any atom is -0.497 e. The van der Waals surface area contributed by atoms with Crippen LogP contribution in [0.5, 0.6) is 5.75 Å². The molecule has 1 saturated carbocycles.